The van der Waals surface area contributed by atoms with Gasteiger partial charge in [0.25, 0.3) is 0 Å². The van der Waals surface area contributed by atoms with Crippen LogP contribution in [-0.2, 0) is 37.0 Å². The van der Waals surface area contributed by atoms with Gasteiger partial charge >= 0.3 is 17.5 Å². The van der Waals surface area contributed by atoms with E-state index in [0.29, 0.717) is 45.4 Å². The lowest BCUT2D eigenvalue weighted by molar-refractivity contribution is -0.150. The average Bonchev–Trinajstić information content (AvgIpc) is 3.05. The maximum Gasteiger partial charge on any atom is 0.410 e. The smallest absolute Gasteiger partial charge is 0.410 e. The maximum atomic E-state index is 12.4. The molecule has 4 rings (SSSR count). The van der Waals surface area contributed by atoms with Crippen LogP contribution in [0.4, 0.5) is 9.59 Å². The van der Waals surface area contributed by atoms with E-state index in [2.05, 4.69) is 4.74 Å². The van der Waals surface area contributed by atoms with Crippen molar-refractivity contribution in [3.8, 4) is 0 Å². The number of ether oxygens (including phenoxy) is 3. The van der Waals surface area contributed by atoms with Crippen LogP contribution in [0.2, 0.25) is 0 Å². The largest absolute Gasteiger partial charge is 0.461 e. The van der Waals surface area contributed by atoms with Gasteiger partial charge in [0.15, 0.2) is 0 Å². The summed E-state index contributed by atoms with van der Waals surface area (Å²) >= 11 is 4.97. The van der Waals surface area contributed by atoms with Gasteiger partial charge in [-0.1, -0.05) is 81.4 Å². The Hall–Kier alpha value is -3.71. The zero-order valence-corrected chi connectivity index (χ0v) is 31.5. The fourth-order valence-electron chi connectivity index (χ4n) is 5.20. The Balaban J connectivity index is 0.000000293. The van der Waals surface area contributed by atoms with Gasteiger partial charge in [-0.15, -0.1) is 0 Å². The summed E-state index contributed by atoms with van der Waals surface area (Å²) < 4.78 is 15.1. The minimum absolute atomic E-state index is 0.0722. The van der Waals surface area contributed by atoms with E-state index in [0.717, 1.165) is 11.1 Å². The van der Waals surface area contributed by atoms with Crippen LogP contribution in [0.5, 0.6) is 0 Å². The Morgan fingerprint density at radius 3 is 1.78 bits per heavy atom. The Bertz CT molecular complexity index is 1370. The number of nitrogens with two attached hydrogens (primary N) is 1. The first-order valence-corrected chi connectivity index (χ1v) is 17.6. The summed E-state index contributed by atoms with van der Waals surface area (Å²) in [6, 6.07) is 18.5. The zero-order valence-electron chi connectivity index (χ0n) is 30.8. The van der Waals surface area contributed by atoms with E-state index in [1.165, 1.54) is 0 Å². The van der Waals surface area contributed by atoms with Crippen molar-refractivity contribution in [2.45, 2.75) is 104 Å². The van der Waals surface area contributed by atoms with Gasteiger partial charge in [-0.25, -0.2) is 9.59 Å². The number of aliphatic hydroxyl groups excluding tert-OH is 2. The number of hydrogen-bond acceptors (Lipinski definition) is 10. The van der Waals surface area contributed by atoms with Crippen molar-refractivity contribution in [2.24, 2.45) is 17.1 Å². The van der Waals surface area contributed by atoms with Gasteiger partial charge in [0, 0.05) is 56.2 Å². The molecule has 2 aliphatic heterocycles. The molecule has 0 aliphatic carbocycles. The standard InChI is InChI=1S/C20H29NO4.C10H20N2O3.C8H7ClO2/c1-20(2,3)12-18(23)21-10-9-17(22)16(13-21)11-19(24)25-14-15-7-5-4-6-8-15;1-10(2,3)15-9(14)12-5-4-8(13)7(11)6-12;9-8(10)11-6-7-4-2-1-3-5-7/h4-8,16-17,22H,9-14H2,1-3H3;7-8,13H,4-6,11H2,1-3H3;1-5H,6H2/t16-,17-;7-,8-;/m00./s1. The van der Waals surface area contributed by atoms with Crippen LogP contribution in [0.3, 0.4) is 0 Å². The van der Waals surface area contributed by atoms with Crippen LogP contribution in [0.25, 0.3) is 0 Å². The molecule has 2 fully saturated rings. The van der Waals surface area contributed by atoms with Gasteiger partial charge in [-0.3, -0.25) is 9.59 Å². The first kappa shape index (κ1) is 43.5. The summed E-state index contributed by atoms with van der Waals surface area (Å²) in [4.78, 5) is 49.6. The molecule has 2 heterocycles. The number of carbonyl (C=O) groups is 4. The highest BCUT2D eigenvalue weighted by Gasteiger charge is 2.33. The molecule has 0 bridgehead atoms. The fraction of sp³-hybridized carbons (Fsp3) is 0.579. The molecule has 51 heavy (non-hydrogen) atoms. The molecular weight excluding hydrogens is 678 g/mol. The Kier molecular flexibility index (Phi) is 17.9. The fourth-order valence-corrected chi connectivity index (χ4v) is 5.25. The Morgan fingerprint density at radius 2 is 1.29 bits per heavy atom. The predicted molar refractivity (Wildman–Crippen MR) is 195 cm³/mol. The van der Waals surface area contributed by atoms with Crippen LogP contribution in [0.1, 0.15) is 78.4 Å². The summed E-state index contributed by atoms with van der Waals surface area (Å²) in [6.45, 7) is 13.9. The normalized spacial score (nSPS) is 20.4. The van der Waals surface area contributed by atoms with E-state index in [4.69, 9.17) is 26.8 Å². The van der Waals surface area contributed by atoms with Crippen LogP contribution >= 0.6 is 11.6 Å². The third kappa shape index (κ3) is 18.4. The lowest BCUT2D eigenvalue weighted by atomic mass is 9.88. The molecule has 4 N–H and O–H groups in total. The summed E-state index contributed by atoms with van der Waals surface area (Å²) in [7, 11) is 0. The second kappa shape index (κ2) is 21.0. The number of carbonyl (C=O) groups excluding carboxylic acids is 4. The Morgan fingerprint density at radius 1 is 0.784 bits per heavy atom. The van der Waals surface area contributed by atoms with E-state index in [1.54, 1.807) is 9.80 Å². The number of rotatable bonds is 7. The molecule has 0 unspecified atom stereocenters. The van der Waals surface area contributed by atoms with Crippen molar-refractivity contribution >= 4 is 35.0 Å². The van der Waals surface area contributed by atoms with Crippen molar-refractivity contribution < 1.29 is 43.6 Å². The monoisotopic (exact) mass is 733 g/mol. The van der Waals surface area contributed by atoms with E-state index in [-0.39, 0.29) is 55.0 Å². The molecule has 0 saturated carbocycles. The summed E-state index contributed by atoms with van der Waals surface area (Å²) in [5.74, 6) is -0.513. The number of esters is 1. The lowest BCUT2D eigenvalue weighted by Gasteiger charge is -2.37. The molecule has 2 saturated heterocycles. The SMILES string of the molecule is CC(C)(C)CC(=O)N1CC[C@H](O)[C@@H](CC(=O)OCc2ccccc2)C1.CC(C)(C)OC(=O)N1CC[C@H](O)[C@@H](N)C1.O=C(Cl)OCc1ccccc1. The molecule has 0 radical (unpaired) electrons. The number of benzene rings is 2. The summed E-state index contributed by atoms with van der Waals surface area (Å²) in [5, 5.41) is 19.6. The quantitative estimate of drug-likeness (QED) is 0.184. The third-order valence-electron chi connectivity index (χ3n) is 7.87. The molecule has 4 atom stereocenters. The highest BCUT2D eigenvalue weighted by atomic mass is 35.5. The van der Waals surface area contributed by atoms with Crippen LogP contribution in [0.15, 0.2) is 60.7 Å². The average molecular weight is 734 g/mol. The number of halogens is 1. The third-order valence-corrected chi connectivity index (χ3v) is 7.98. The van der Waals surface area contributed by atoms with Crippen molar-refractivity contribution in [1.82, 2.24) is 9.80 Å². The van der Waals surface area contributed by atoms with Gasteiger partial charge in [0.1, 0.15) is 18.8 Å². The molecule has 12 nitrogen and oxygen atoms in total. The number of hydrogen-bond donors (Lipinski definition) is 3. The number of aliphatic hydroxyl groups is 2. The molecule has 13 heteroatoms. The number of amides is 2. The summed E-state index contributed by atoms with van der Waals surface area (Å²) in [5.41, 5.74) is 6.20. The predicted octanol–water partition coefficient (Wildman–Crippen LogP) is 5.64. The van der Waals surface area contributed by atoms with E-state index in [9.17, 15) is 29.4 Å². The molecule has 2 aromatic carbocycles. The first-order chi connectivity index (χ1) is 23.8. The lowest BCUT2D eigenvalue weighted by Crippen LogP contribution is -2.53. The van der Waals surface area contributed by atoms with Gasteiger partial charge in [-0.2, -0.15) is 0 Å². The van der Waals surface area contributed by atoms with Crippen molar-refractivity contribution in [3.63, 3.8) is 0 Å². The van der Waals surface area contributed by atoms with Gasteiger partial charge in [-0.05, 0) is 50.2 Å². The van der Waals surface area contributed by atoms with Gasteiger partial charge in [0.2, 0.25) is 5.91 Å². The maximum absolute atomic E-state index is 12.4. The van der Waals surface area contributed by atoms with Crippen molar-refractivity contribution in [1.29, 1.82) is 0 Å². The molecular formula is C38H56ClN3O9. The van der Waals surface area contributed by atoms with E-state index < -0.39 is 23.2 Å². The molecule has 2 aromatic rings. The van der Waals surface area contributed by atoms with E-state index in [1.807, 2.05) is 102 Å². The first-order valence-electron chi connectivity index (χ1n) is 17.3. The highest BCUT2D eigenvalue weighted by Crippen LogP contribution is 2.25. The van der Waals surface area contributed by atoms with Gasteiger partial charge < -0.3 is 40.0 Å². The molecule has 0 aromatic heterocycles. The molecule has 284 valence electrons. The molecule has 2 aliphatic rings. The van der Waals surface area contributed by atoms with Crippen molar-refractivity contribution in [3.05, 3.63) is 71.8 Å². The number of likely N-dealkylation sites (tertiary alicyclic amines) is 2. The number of nitrogens with zero attached hydrogens (tertiary/aromatic N) is 2. The Labute approximate surface area is 307 Å². The molecule has 0 spiro atoms. The van der Waals surface area contributed by atoms with Crippen LogP contribution in [-0.4, -0.2) is 93.4 Å². The topological polar surface area (TPSA) is 169 Å². The van der Waals surface area contributed by atoms with Crippen molar-refractivity contribution in [2.75, 3.05) is 26.2 Å². The minimum Gasteiger partial charge on any atom is -0.461 e. The van der Waals surface area contributed by atoms with E-state index >= 15 is 0 Å². The molecule has 2 amide bonds. The zero-order chi connectivity index (χ0) is 38.2. The van der Waals surface area contributed by atoms with Crippen LogP contribution in [0, 0.1) is 11.3 Å². The van der Waals surface area contributed by atoms with Crippen LogP contribution < -0.4 is 5.73 Å². The van der Waals surface area contributed by atoms with Gasteiger partial charge in [0.05, 0.1) is 18.6 Å². The number of piperidine rings is 2. The highest BCUT2D eigenvalue weighted by molar-refractivity contribution is 6.61. The summed E-state index contributed by atoms with van der Waals surface area (Å²) in [6.07, 6.45) is 0.186. The second-order valence-electron chi connectivity index (χ2n) is 15.0. The minimum atomic E-state index is -0.770. The second-order valence-corrected chi connectivity index (χ2v) is 15.3.